The van der Waals surface area contributed by atoms with Gasteiger partial charge in [-0.15, -0.1) is 0 Å². The number of piperidine rings is 1. The first-order valence-corrected chi connectivity index (χ1v) is 16.4. The number of ether oxygens (including phenoxy) is 2. The van der Waals surface area contributed by atoms with Gasteiger partial charge in [-0.1, -0.05) is 37.8 Å². The van der Waals surface area contributed by atoms with Crippen molar-refractivity contribution in [1.29, 1.82) is 0 Å². The molecule has 213 valence electrons. The molecular formula is C30H43N2O6Si. The summed E-state index contributed by atoms with van der Waals surface area (Å²) in [6, 6.07) is 4.11. The van der Waals surface area contributed by atoms with Crippen LogP contribution in [0.15, 0.2) is 16.7 Å². The fraction of sp³-hybridized carbons (Fsp3) is 0.667. The molecule has 2 aliphatic rings. The van der Waals surface area contributed by atoms with Crippen LogP contribution in [0.25, 0.3) is 11.0 Å². The minimum absolute atomic E-state index is 0.115. The zero-order chi connectivity index (χ0) is 28.2. The van der Waals surface area contributed by atoms with Gasteiger partial charge in [0.05, 0.1) is 22.8 Å². The van der Waals surface area contributed by atoms with Gasteiger partial charge < -0.3 is 28.4 Å². The summed E-state index contributed by atoms with van der Waals surface area (Å²) >= 11 is 0. The van der Waals surface area contributed by atoms with Crippen LogP contribution in [-0.2, 0) is 15.6 Å². The average molecular weight is 556 g/mol. The molecule has 2 aromatic rings. The van der Waals surface area contributed by atoms with Gasteiger partial charge in [-0.2, -0.15) is 0 Å². The topological polar surface area (TPSA) is 94.3 Å². The van der Waals surface area contributed by atoms with E-state index >= 15 is 0 Å². The quantitative estimate of drug-likeness (QED) is 0.271. The number of methoxy groups -OCH3 is 1. The van der Waals surface area contributed by atoms with Crippen molar-refractivity contribution in [2.75, 3.05) is 33.4 Å². The van der Waals surface area contributed by atoms with E-state index < -0.39 is 15.1 Å². The van der Waals surface area contributed by atoms with E-state index in [2.05, 4.69) is 56.9 Å². The van der Waals surface area contributed by atoms with E-state index in [0.717, 1.165) is 66.5 Å². The number of likely N-dealkylation sites (tertiary alicyclic amines) is 1. The SMILES string of the molecule is COCC#CC1(COc2ccc3c(CCC4CCN(C(=O)O)CC4)noc3c2C(O[Si](C)C)C(C)(C)C)CC1. The number of amides is 1. The predicted octanol–water partition coefficient (Wildman–Crippen LogP) is 6.31. The molecule has 8 nitrogen and oxygen atoms in total. The van der Waals surface area contributed by atoms with E-state index in [9.17, 15) is 9.90 Å². The molecule has 1 aromatic carbocycles. The van der Waals surface area contributed by atoms with Crippen molar-refractivity contribution in [2.24, 2.45) is 16.7 Å². The molecule has 0 spiro atoms. The fourth-order valence-corrected chi connectivity index (χ4v) is 6.18. The zero-order valence-corrected chi connectivity index (χ0v) is 25.3. The summed E-state index contributed by atoms with van der Waals surface area (Å²) in [5.74, 6) is 7.72. The lowest BCUT2D eigenvalue weighted by Gasteiger charge is -2.33. The Hall–Kier alpha value is -2.54. The van der Waals surface area contributed by atoms with E-state index in [1.807, 2.05) is 6.07 Å². The smallest absolute Gasteiger partial charge is 0.407 e. The van der Waals surface area contributed by atoms with Crippen molar-refractivity contribution in [3.8, 4) is 17.6 Å². The van der Waals surface area contributed by atoms with Crippen molar-refractivity contribution in [2.45, 2.75) is 78.5 Å². The second kappa shape index (κ2) is 12.3. The summed E-state index contributed by atoms with van der Waals surface area (Å²) < 4.78 is 24.3. The Morgan fingerprint density at radius 2 is 2.00 bits per heavy atom. The first-order chi connectivity index (χ1) is 18.5. The van der Waals surface area contributed by atoms with Crippen LogP contribution < -0.4 is 4.74 Å². The number of carbonyl (C=O) groups is 1. The summed E-state index contributed by atoms with van der Waals surface area (Å²) in [6.07, 6.45) is 4.54. The summed E-state index contributed by atoms with van der Waals surface area (Å²) in [7, 11) is 0.637. The highest BCUT2D eigenvalue weighted by molar-refractivity contribution is 6.48. The van der Waals surface area contributed by atoms with Crippen LogP contribution in [0.4, 0.5) is 4.79 Å². The summed E-state index contributed by atoms with van der Waals surface area (Å²) in [5.41, 5.74) is 2.31. The molecule has 1 amide bonds. The molecule has 9 heteroatoms. The van der Waals surface area contributed by atoms with Gasteiger partial charge in [0.25, 0.3) is 0 Å². The Kier molecular flexibility index (Phi) is 9.30. The number of hydrogen-bond acceptors (Lipinski definition) is 6. The molecular weight excluding hydrogens is 512 g/mol. The largest absolute Gasteiger partial charge is 0.491 e. The summed E-state index contributed by atoms with van der Waals surface area (Å²) in [5, 5.41) is 14.8. The molecule has 1 saturated carbocycles. The number of aryl methyl sites for hydroxylation is 1. The molecule has 1 radical (unpaired) electrons. The monoisotopic (exact) mass is 555 g/mol. The number of aromatic nitrogens is 1. The lowest BCUT2D eigenvalue weighted by Crippen LogP contribution is -2.37. The third-order valence-electron chi connectivity index (χ3n) is 7.72. The van der Waals surface area contributed by atoms with Gasteiger partial charge in [-0.25, -0.2) is 4.79 Å². The minimum atomic E-state index is -1.02. The minimum Gasteiger partial charge on any atom is -0.491 e. The second-order valence-corrected chi connectivity index (χ2v) is 14.4. The molecule has 39 heavy (non-hydrogen) atoms. The molecule has 1 saturated heterocycles. The van der Waals surface area contributed by atoms with Gasteiger partial charge in [0.2, 0.25) is 9.04 Å². The molecule has 1 aliphatic heterocycles. The summed E-state index contributed by atoms with van der Waals surface area (Å²) in [4.78, 5) is 12.7. The highest BCUT2D eigenvalue weighted by Gasteiger charge is 2.43. The van der Waals surface area contributed by atoms with Crippen LogP contribution in [0.5, 0.6) is 5.75 Å². The molecule has 4 rings (SSSR count). The van der Waals surface area contributed by atoms with Gasteiger partial charge >= 0.3 is 6.09 Å². The fourth-order valence-electron chi connectivity index (χ4n) is 5.24. The average Bonchev–Trinajstić information content (AvgIpc) is 3.53. The van der Waals surface area contributed by atoms with Crippen molar-refractivity contribution in [3.05, 3.63) is 23.4 Å². The van der Waals surface area contributed by atoms with Gasteiger partial charge in [0, 0.05) is 25.6 Å². The lowest BCUT2D eigenvalue weighted by molar-refractivity contribution is 0.0828. The van der Waals surface area contributed by atoms with Crippen molar-refractivity contribution < 1.29 is 28.3 Å². The summed E-state index contributed by atoms with van der Waals surface area (Å²) in [6.45, 7) is 13.0. The van der Waals surface area contributed by atoms with Crippen molar-refractivity contribution in [3.63, 3.8) is 0 Å². The maximum Gasteiger partial charge on any atom is 0.407 e. The number of rotatable bonds is 10. The van der Waals surface area contributed by atoms with Crippen LogP contribution in [0.2, 0.25) is 13.1 Å². The first kappa shape index (κ1) is 29.4. The highest BCUT2D eigenvalue weighted by Crippen LogP contribution is 2.48. The maximum atomic E-state index is 11.2. The van der Waals surface area contributed by atoms with Crippen LogP contribution in [0.3, 0.4) is 0 Å². The van der Waals surface area contributed by atoms with Gasteiger partial charge in [-0.3, -0.25) is 0 Å². The standard InChI is InChI=1S/C30H43N2O6Si/c1-29(2,3)27(38-39(5)6)25-24(36-20-30(15-16-30)14-7-19-35-4)11-9-22-23(31-37-26(22)25)10-8-21-12-17-32(18-13-21)28(33)34/h9,11,21,27H,8,10,12-13,15-20H2,1-6H3,(H,33,34). The number of carboxylic acid groups (broad SMARTS) is 1. The normalized spacial score (nSPS) is 18.2. The highest BCUT2D eigenvalue weighted by atomic mass is 28.3. The Morgan fingerprint density at radius 3 is 2.59 bits per heavy atom. The third kappa shape index (κ3) is 7.36. The van der Waals surface area contributed by atoms with E-state index in [0.29, 0.717) is 32.2 Å². The number of benzene rings is 1. The van der Waals surface area contributed by atoms with Gasteiger partial charge in [0.15, 0.2) is 5.58 Å². The van der Waals surface area contributed by atoms with Gasteiger partial charge in [0.1, 0.15) is 19.0 Å². The van der Waals surface area contributed by atoms with E-state index in [-0.39, 0.29) is 16.9 Å². The van der Waals surface area contributed by atoms with Crippen LogP contribution >= 0.6 is 0 Å². The van der Waals surface area contributed by atoms with Crippen LogP contribution in [0.1, 0.15) is 70.2 Å². The first-order valence-electron chi connectivity index (χ1n) is 14.0. The number of hydrogen-bond donors (Lipinski definition) is 1. The van der Waals surface area contributed by atoms with Gasteiger partial charge in [-0.05, 0) is 75.1 Å². The predicted molar refractivity (Wildman–Crippen MR) is 152 cm³/mol. The Labute approximate surface area is 234 Å². The van der Waals surface area contributed by atoms with Crippen molar-refractivity contribution >= 4 is 26.1 Å². The van der Waals surface area contributed by atoms with Crippen LogP contribution in [0, 0.1) is 28.6 Å². The van der Waals surface area contributed by atoms with Crippen LogP contribution in [-0.4, -0.2) is 63.7 Å². The second-order valence-electron chi connectivity index (χ2n) is 12.3. The molecule has 1 N–H and O–H groups in total. The molecule has 1 aliphatic carbocycles. The Balaban J connectivity index is 1.60. The molecule has 2 heterocycles. The van der Waals surface area contributed by atoms with E-state index in [4.69, 9.17) is 18.4 Å². The van der Waals surface area contributed by atoms with E-state index in [1.165, 1.54) is 4.90 Å². The molecule has 1 atom stereocenters. The lowest BCUT2D eigenvalue weighted by atomic mass is 9.83. The van der Waals surface area contributed by atoms with E-state index in [1.54, 1.807) is 7.11 Å². The molecule has 1 unspecified atom stereocenters. The Bertz CT molecular complexity index is 1200. The Morgan fingerprint density at radius 1 is 1.28 bits per heavy atom. The maximum absolute atomic E-state index is 11.2. The molecule has 0 bridgehead atoms. The number of nitrogens with zero attached hydrogens (tertiary/aromatic N) is 2. The zero-order valence-electron chi connectivity index (χ0n) is 24.3. The number of fused-ring (bicyclic) bond motifs is 1. The molecule has 2 fully saturated rings. The van der Waals surface area contributed by atoms with Crippen molar-refractivity contribution in [1.82, 2.24) is 10.1 Å². The third-order valence-corrected chi connectivity index (χ3v) is 8.43. The molecule has 1 aromatic heterocycles.